The number of aryl methyl sites for hydroxylation is 1. The topological polar surface area (TPSA) is 52.0 Å². The normalized spacial score (nSPS) is 11.6. The number of aromatic nitrogens is 2. The molecule has 0 saturated carbocycles. The van der Waals surface area contributed by atoms with Gasteiger partial charge in [0.2, 0.25) is 0 Å². The van der Waals surface area contributed by atoms with Crippen LogP contribution in [0.25, 0.3) is 0 Å². The molecule has 0 bridgehead atoms. The van der Waals surface area contributed by atoms with Crippen LogP contribution >= 0.6 is 22.6 Å². The molecule has 118 valence electrons. The van der Waals surface area contributed by atoms with E-state index in [-0.39, 0.29) is 4.90 Å². The standard InChI is InChI=1S/C17H15IN2O2S/c1-13-7-9-15(10-8-13)23(21,22)20-17(16(18)12-19-20)11-14-5-3-2-4-6-14/h2-10,12H,11H2,1H3. The lowest BCUT2D eigenvalue weighted by Gasteiger charge is -2.10. The number of halogens is 1. The fraction of sp³-hybridized carbons (Fsp3) is 0.118. The lowest BCUT2D eigenvalue weighted by molar-refractivity contribution is 0.577. The van der Waals surface area contributed by atoms with Gasteiger partial charge in [-0.05, 0) is 47.2 Å². The van der Waals surface area contributed by atoms with Crippen molar-refractivity contribution < 1.29 is 8.42 Å². The average Bonchev–Trinajstić information content (AvgIpc) is 2.90. The van der Waals surface area contributed by atoms with Crippen molar-refractivity contribution in [2.75, 3.05) is 0 Å². The van der Waals surface area contributed by atoms with E-state index in [4.69, 9.17) is 0 Å². The third kappa shape index (κ3) is 3.32. The largest absolute Gasteiger partial charge is 0.283 e. The summed E-state index contributed by atoms with van der Waals surface area (Å²) in [5.41, 5.74) is 2.74. The molecular formula is C17H15IN2O2S. The molecule has 4 nitrogen and oxygen atoms in total. The Morgan fingerprint density at radius 2 is 1.70 bits per heavy atom. The first-order chi connectivity index (χ1) is 11.0. The number of hydrogen-bond donors (Lipinski definition) is 0. The molecule has 1 heterocycles. The third-order valence-corrected chi connectivity index (χ3v) is 6.08. The van der Waals surface area contributed by atoms with Crippen LogP contribution in [0, 0.1) is 10.5 Å². The molecular weight excluding hydrogens is 423 g/mol. The molecule has 3 aromatic rings. The van der Waals surface area contributed by atoms with Crippen molar-refractivity contribution in [3.63, 3.8) is 0 Å². The number of benzene rings is 2. The van der Waals surface area contributed by atoms with Crippen molar-refractivity contribution in [2.45, 2.75) is 18.2 Å². The lowest BCUT2D eigenvalue weighted by atomic mass is 10.1. The second kappa shape index (κ2) is 6.45. The summed E-state index contributed by atoms with van der Waals surface area (Å²) in [7, 11) is -3.68. The van der Waals surface area contributed by atoms with Gasteiger partial charge in [-0.1, -0.05) is 48.0 Å². The van der Waals surface area contributed by atoms with Crippen LogP contribution in [0.5, 0.6) is 0 Å². The van der Waals surface area contributed by atoms with Crippen molar-refractivity contribution in [2.24, 2.45) is 0 Å². The van der Waals surface area contributed by atoms with Gasteiger partial charge in [-0.2, -0.15) is 17.6 Å². The van der Waals surface area contributed by atoms with Crippen LogP contribution in [0.1, 0.15) is 16.8 Å². The zero-order valence-corrected chi connectivity index (χ0v) is 15.5. The molecule has 0 spiro atoms. The molecule has 3 rings (SSSR count). The van der Waals surface area contributed by atoms with Crippen LogP contribution in [0.2, 0.25) is 0 Å². The highest BCUT2D eigenvalue weighted by Crippen LogP contribution is 2.22. The van der Waals surface area contributed by atoms with Gasteiger partial charge in [0.1, 0.15) is 0 Å². The van der Waals surface area contributed by atoms with Gasteiger partial charge in [0.25, 0.3) is 10.0 Å². The summed E-state index contributed by atoms with van der Waals surface area (Å²) in [6.07, 6.45) is 2.11. The minimum atomic E-state index is -3.68. The molecule has 0 fully saturated rings. The molecule has 0 saturated heterocycles. The van der Waals surface area contributed by atoms with Crippen LogP contribution in [0.3, 0.4) is 0 Å². The van der Waals surface area contributed by atoms with E-state index in [9.17, 15) is 8.42 Å². The van der Waals surface area contributed by atoms with E-state index in [1.165, 1.54) is 0 Å². The van der Waals surface area contributed by atoms with Gasteiger partial charge in [-0.3, -0.25) is 0 Å². The van der Waals surface area contributed by atoms with Gasteiger partial charge in [0, 0.05) is 6.42 Å². The maximum Gasteiger partial charge on any atom is 0.283 e. The Hall–Kier alpha value is -1.67. The van der Waals surface area contributed by atoms with Crippen molar-refractivity contribution >= 4 is 32.6 Å². The fourth-order valence-electron chi connectivity index (χ4n) is 2.30. The maximum absolute atomic E-state index is 12.9. The number of hydrogen-bond acceptors (Lipinski definition) is 3. The second-order valence-corrected chi connectivity index (χ2v) is 8.19. The summed E-state index contributed by atoms with van der Waals surface area (Å²) in [5.74, 6) is 0. The van der Waals surface area contributed by atoms with E-state index >= 15 is 0 Å². The molecule has 6 heteroatoms. The van der Waals surface area contributed by atoms with E-state index in [2.05, 4.69) is 27.7 Å². The Morgan fingerprint density at radius 1 is 1.04 bits per heavy atom. The summed E-state index contributed by atoms with van der Waals surface area (Å²) in [5, 5.41) is 4.10. The van der Waals surface area contributed by atoms with Crippen molar-refractivity contribution in [1.82, 2.24) is 9.19 Å². The molecule has 0 radical (unpaired) electrons. The highest BCUT2D eigenvalue weighted by molar-refractivity contribution is 14.1. The van der Waals surface area contributed by atoms with Crippen molar-refractivity contribution in [3.05, 3.63) is 81.2 Å². The molecule has 0 aliphatic carbocycles. The number of rotatable bonds is 4. The second-order valence-electron chi connectivity index (χ2n) is 5.26. The van der Waals surface area contributed by atoms with E-state index in [0.29, 0.717) is 12.1 Å². The molecule has 1 aromatic heterocycles. The summed E-state index contributed by atoms with van der Waals surface area (Å²) < 4.78 is 27.7. The highest BCUT2D eigenvalue weighted by Gasteiger charge is 2.23. The van der Waals surface area contributed by atoms with E-state index < -0.39 is 10.0 Å². The summed E-state index contributed by atoms with van der Waals surface area (Å²) in [6, 6.07) is 16.6. The Bertz CT molecular complexity index is 917. The van der Waals surface area contributed by atoms with Crippen LogP contribution in [-0.2, 0) is 16.4 Å². The monoisotopic (exact) mass is 438 g/mol. The zero-order chi connectivity index (χ0) is 16.4. The van der Waals surface area contributed by atoms with Crippen LogP contribution in [0.4, 0.5) is 0 Å². The molecule has 0 amide bonds. The molecule has 23 heavy (non-hydrogen) atoms. The average molecular weight is 438 g/mol. The first-order valence-electron chi connectivity index (χ1n) is 7.07. The van der Waals surface area contributed by atoms with Crippen molar-refractivity contribution in [3.8, 4) is 0 Å². The molecule has 0 aliphatic heterocycles. The molecule has 0 N–H and O–H groups in total. The van der Waals surface area contributed by atoms with Crippen LogP contribution < -0.4 is 0 Å². The predicted octanol–water partition coefficient (Wildman–Crippen LogP) is 3.62. The number of nitrogens with zero attached hydrogens (tertiary/aromatic N) is 2. The Labute approximate surface area is 149 Å². The first kappa shape index (κ1) is 16.2. The van der Waals surface area contributed by atoms with Gasteiger partial charge >= 0.3 is 0 Å². The van der Waals surface area contributed by atoms with Crippen molar-refractivity contribution in [1.29, 1.82) is 0 Å². The molecule has 0 atom stereocenters. The van der Waals surface area contributed by atoms with Crippen LogP contribution in [0.15, 0.2) is 65.7 Å². The molecule has 2 aromatic carbocycles. The molecule has 0 unspecified atom stereocenters. The van der Waals surface area contributed by atoms with E-state index in [1.54, 1.807) is 30.5 Å². The summed E-state index contributed by atoms with van der Waals surface area (Å²) in [4.78, 5) is 0.247. The summed E-state index contributed by atoms with van der Waals surface area (Å²) in [6.45, 7) is 1.92. The maximum atomic E-state index is 12.9. The van der Waals surface area contributed by atoms with Crippen LogP contribution in [-0.4, -0.2) is 17.6 Å². The Morgan fingerprint density at radius 3 is 2.35 bits per heavy atom. The third-order valence-electron chi connectivity index (χ3n) is 3.54. The van der Waals surface area contributed by atoms with Gasteiger partial charge in [-0.25, -0.2) is 0 Å². The van der Waals surface area contributed by atoms with E-state index in [0.717, 1.165) is 18.8 Å². The highest BCUT2D eigenvalue weighted by atomic mass is 127. The minimum absolute atomic E-state index is 0.247. The SMILES string of the molecule is Cc1ccc(S(=O)(=O)n2ncc(I)c2Cc2ccccc2)cc1. The van der Waals surface area contributed by atoms with Gasteiger partial charge in [0.15, 0.2) is 0 Å². The fourth-order valence-corrected chi connectivity index (χ4v) is 4.31. The predicted molar refractivity (Wildman–Crippen MR) is 98.0 cm³/mol. The van der Waals surface area contributed by atoms with Gasteiger partial charge in [0.05, 0.1) is 20.4 Å². The smallest absolute Gasteiger partial charge is 0.199 e. The lowest BCUT2D eigenvalue weighted by Crippen LogP contribution is -2.18. The first-order valence-corrected chi connectivity index (χ1v) is 9.59. The van der Waals surface area contributed by atoms with Gasteiger partial charge in [-0.15, -0.1) is 0 Å². The van der Waals surface area contributed by atoms with Gasteiger partial charge < -0.3 is 0 Å². The quantitative estimate of drug-likeness (QED) is 0.585. The summed E-state index contributed by atoms with van der Waals surface area (Å²) >= 11 is 2.12. The van der Waals surface area contributed by atoms with E-state index in [1.807, 2.05) is 37.3 Å². The Balaban J connectivity index is 2.05. The minimum Gasteiger partial charge on any atom is -0.199 e. The zero-order valence-electron chi connectivity index (χ0n) is 12.5. The Kier molecular flexibility index (Phi) is 4.54. The molecule has 0 aliphatic rings.